The Kier molecular flexibility index (Phi) is 3.90. The third kappa shape index (κ3) is 3.13. The van der Waals surface area contributed by atoms with Gasteiger partial charge in [0.2, 0.25) is 0 Å². The van der Waals surface area contributed by atoms with Crippen molar-refractivity contribution in [3.8, 4) is 11.1 Å². The summed E-state index contributed by atoms with van der Waals surface area (Å²) >= 11 is 1.66. The van der Waals surface area contributed by atoms with Crippen molar-refractivity contribution in [1.29, 1.82) is 0 Å². The molecule has 0 aromatic heterocycles. The molecule has 0 unspecified atom stereocenters. The molecule has 0 atom stereocenters. The Morgan fingerprint density at radius 1 is 0.895 bits per heavy atom. The molecule has 19 heavy (non-hydrogen) atoms. The molecule has 0 aliphatic heterocycles. The van der Waals surface area contributed by atoms with Crippen molar-refractivity contribution < 1.29 is 13.2 Å². The third-order valence-electron chi connectivity index (χ3n) is 2.94. The van der Waals surface area contributed by atoms with Gasteiger partial charge < -0.3 is 0 Å². The minimum atomic E-state index is -4.28. The van der Waals surface area contributed by atoms with E-state index in [1.807, 2.05) is 31.4 Å². The second kappa shape index (κ2) is 5.29. The molecule has 0 radical (unpaired) electrons. The van der Waals surface area contributed by atoms with Gasteiger partial charge in [-0.2, -0.15) is 13.2 Å². The number of halogens is 3. The number of aryl methyl sites for hydroxylation is 1. The lowest BCUT2D eigenvalue weighted by Crippen LogP contribution is -2.03. The summed E-state index contributed by atoms with van der Waals surface area (Å²) in [5.41, 5.74) is 2.24. The molecule has 0 nitrogen and oxygen atoms in total. The fourth-order valence-electron chi connectivity index (χ4n) is 1.91. The Bertz CT molecular complexity index is 571. The van der Waals surface area contributed by atoms with Gasteiger partial charge in [-0.25, -0.2) is 0 Å². The average molecular weight is 282 g/mol. The molecule has 0 amide bonds. The molecule has 2 aromatic carbocycles. The molecule has 0 heterocycles. The summed E-state index contributed by atoms with van der Waals surface area (Å²) in [7, 11) is 0. The zero-order valence-corrected chi connectivity index (χ0v) is 11.4. The molecule has 0 saturated carbocycles. The van der Waals surface area contributed by atoms with Crippen LogP contribution < -0.4 is 0 Å². The number of hydrogen-bond donors (Lipinski definition) is 0. The SMILES string of the molecule is CSc1ccc(-c2ccc(C(F)(F)F)cc2)cc1C. The van der Waals surface area contributed by atoms with Gasteiger partial charge in [-0.15, -0.1) is 11.8 Å². The Morgan fingerprint density at radius 3 is 1.95 bits per heavy atom. The van der Waals surface area contributed by atoms with Crippen LogP contribution >= 0.6 is 11.8 Å². The highest BCUT2D eigenvalue weighted by molar-refractivity contribution is 7.98. The van der Waals surface area contributed by atoms with E-state index in [0.717, 1.165) is 28.8 Å². The first kappa shape index (κ1) is 14.0. The van der Waals surface area contributed by atoms with E-state index >= 15 is 0 Å². The molecule has 0 spiro atoms. The van der Waals surface area contributed by atoms with Crippen molar-refractivity contribution in [2.24, 2.45) is 0 Å². The summed E-state index contributed by atoms with van der Waals surface area (Å²) in [6.45, 7) is 2.00. The van der Waals surface area contributed by atoms with Crippen LogP contribution in [0.5, 0.6) is 0 Å². The molecule has 0 bridgehead atoms. The van der Waals surface area contributed by atoms with E-state index in [2.05, 4.69) is 0 Å². The molecule has 0 N–H and O–H groups in total. The van der Waals surface area contributed by atoms with E-state index in [1.165, 1.54) is 17.0 Å². The van der Waals surface area contributed by atoms with Crippen molar-refractivity contribution in [2.45, 2.75) is 18.0 Å². The second-order valence-corrected chi connectivity index (χ2v) is 5.11. The van der Waals surface area contributed by atoms with Crippen LogP contribution in [-0.4, -0.2) is 6.26 Å². The minimum absolute atomic E-state index is 0.617. The number of rotatable bonds is 2. The topological polar surface area (TPSA) is 0 Å². The normalized spacial score (nSPS) is 11.6. The van der Waals surface area contributed by atoms with Gasteiger partial charge in [-0.3, -0.25) is 0 Å². The van der Waals surface area contributed by atoms with Crippen LogP contribution in [0.2, 0.25) is 0 Å². The maximum absolute atomic E-state index is 12.5. The van der Waals surface area contributed by atoms with Gasteiger partial charge in [0.25, 0.3) is 0 Å². The summed E-state index contributed by atoms with van der Waals surface area (Å²) in [5, 5.41) is 0. The lowest BCUT2D eigenvalue weighted by atomic mass is 10.0. The zero-order valence-electron chi connectivity index (χ0n) is 10.6. The smallest absolute Gasteiger partial charge is 0.166 e. The van der Waals surface area contributed by atoms with Gasteiger partial charge >= 0.3 is 6.18 Å². The van der Waals surface area contributed by atoms with Crippen molar-refractivity contribution in [3.05, 3.63) is 53.6 Å². The highest BCUT2D eigenvalue weighted by Crippen LogP contribution is 2.32. The van der Waals surface area contributed by atoms with Crippen LogP contribution in [0, 0.1) is 6.92 Å². The number of hydrogen-bond acceptors (Lipinski definition) is 1. The van der Waals surface area contributed by atoms with Crippen molar-refractivity contribution >= 4 is 11.8 Å². The average Bonchev–Trinajstić information content (AvgIpc) is 2.38. The molecule has 2 aromatic rings. The molecular weight excluding hydrogens is 269 g/mol. The summed E-state index contributed by atoms with van der Waals surface area (Å²) in [6.07, 6.45) is -2.28. The van der Waals surface area contributed by atoms with Crippen LogP contribution in [0.15, 0.2) is 47.4 Å². The molecular formula is C15H13F3S. The van der Waals surface area contributed by atoms with Crippen LogP contribution in [0.4, 0.5) is 13.2 Å². The van der Waals surface area contributed by atoms with Gasteiger partial charge in [0.15, 0.2) is 0 Å². The predicted octanol–water partition coefficient (Wildman–Crippen LogP) is 5.40. The van der Waals surface area contributed by atoms with Gasteiger partial charge in [-0.1, -0.05) is 24.3 Å². The molecule has 0 aliphatic carbocycles. The molecule has 2 rings (SSSR count). The molecule has 4 heteroatoms. The van der Waals surface area contributed by atoms with Crippen LogP contribution in [0.1, 0.15) is 11.1 Å². The summed E-state index contributed by atoms with van der Waals surface area (Å²) in [6, 6.07) is 11.2. The maximum Gasteiger partial charge on any atom is 0.416 e. The van der Waals surface area contributed by atoms with E-state index in [0.29, 0.717) is 0 Å². The first-order chi connectivity index (χ1) is 8.91. The monoisotopic (exact) mass is 282 g/mol. The largest absolute Gasteiger partial charge is 0.416 e. The van der Waals surface area contributed by atoms with Crippen LogP contribution in [0.3, 0.4) is 0 Å². The van der Waals surface area contributed by atoms with Crippen LogP contribution in [-0.2, 0) is 6.18 Å². The highest BCUT2D eigenvalue weighted by Gasteiger charge is 2.29. The summed E-state index contributed by atoms with van der Waals surface area (Å²) < 4.78 is 37.4. The van der Waals surface area contributed by atoms with E-state index in [9.17, 15) is 13.2 Å². The fraction of sp³-hybridized carbons (Fsp3) is 0.200. The number of thioether (sulfide) groups is 1. The molecule has 0 fully saturated rings. The number of benzene rings is 2. The van der Waals surface area contributed by atoms with Crippen LogP contribution in [0.25, 0.3) is 11.1 Å². The van der Waals surface area contributed by atoms with Crippen molar-refractivity contribution in [1.82, 2.24) is 0 Å². The Morgan fingerprint density at radius 2 is 1.47 bits per heavy atom. The van der Waals surface area contributed by atoms with E-state index < -0.39 is 11.7 Å². The first-order valence-corrected chi connectivity index (χ1v) is 6.96. The second-order valence-electron chi connectivity index (χ2n) is 4.26. The van der Waals surface area contributed by atoms with E-state index in [1.54, 1.807) is 11.8 Å². The summed E-state index contributed by atoms with van der Waals surface area (Å²) in [5.74, 6) is 0. The van der Waals surface area contributed by atoms with Gasteiger partial charge in [0.05, 0.1) is 5.56 Å². The summed E-state index contributed by atoms with van der Waals surface area (Å²) in [4.78, 5) is 1.18. The highest BCUT2D eigenvalue weighted by atomic mass is 32.2. The lowest BCUT2D eigenvalue weighted by Gasteiger charge is -2.09. The Hall–Kier alpha value is -1.42. The first-order valence-electron chi connectivity index (χ1n) is 5.74. The quantitative estimate of drug-likeness (QED) is 0.664. The lowest BCUT2D eigenvalue weighted by molar-refractivity contribution is -0.137. The Labute approximate surface area is 114 Å². The van der Waals surface area contributed by atoms with E-state index in [4.69, 9.17) is 0 Å². The molecule has 100 valence electrons. The van der Waals surface area contributed by atoms with Crippen molar-refractivity contribution in [2.75, 3.05) is 6.26 Å². The standard InChI is InChI=1S/C15H13F3S/c1-10-9-12(5-8-14(10)19-2)11-3-6-13(7-4-11)15(16,17)18/h3-9H,1-2H3. The van der Waals surface area contributed by atoms with Gasteiger partial charge in [-0.05, 0) is 48.1 Å². The van der Waals surface area contributed by atoms with Gasteiger partial charge in [0, 0.05) is 4.90 Å². The maximum atomic E-state index is 12.5. The minimum Gasteiger partial charge on any atom is -0.166 e. The zero-order chi connectivity index (χ0) is 14.0. The third-order valence-corrected chi connectivity index (χ3v) is 3.84. The molecule has 0 aliphatic rings. The molecule has 0 saturated heterocycles. The van der Waals surface area contributed by atoms with Crippen molar-refractivity contribution in [3.63, 3.8) is 0 Å². The van der Waals surface area contributed by atoms with E-state index in [-0.39, 0.29) is 0 Å². The fourth-order valence-corrected chi connectivity index (χ4v) is 2.49. The predicted molar refractivity (Wildman–Crippen MR) is 73.4 cm³/mol. The van der Waals surface area contributed by atoms with Gasteiger partial charge in [0.1, 0.15) is 0 Å². The number of alkyl halides is 3. The Balaban J connectivity index is 2.35.